The Morgan fingerprint density at radius 3 is 2.67 bits per heavy atom. The first-order chi connectivity index (χ1) is 11.6. The molecule has 128 valence electrons. The molecule has 7 nitrogen and oxygen atoms in total. The van der Waals surface area contributed by atoms with Gasteiger partial charge in [0.1, 0.15) is 12.3 Å². The molecule has 0 aliphatic rings. The van der Waals surface area contributed by atoms with Gasteiger partial charge in [-0.05, 0) is 32.0 Å². The lowest BCUT2D eigenvalue weighted by molar-refractivity contribution is -0.143. The van der Waals surface area contributed by atoms with Crippen LogP contribution in [-0.2, 0) is 20.9 Å². The van der Waals surface area contributed by atoms with E-state index in [9.17, 15) is 14.4 Å². The van der Waals surface area contributed by atoms with Gasteiger partial charge in [0.2, 0.25) is 0 Å². The maximum atomic E-state index is 12.3. The minimum atomic E-state index is -0.504. The van der Waals surface area contributed by atoms with Crippen LogP contribution in [0.3, 0.4) is 0 Å². The van der Waals surface area contributed by atoms with Crippen LogP contribution in [0.25, 0.3) is 10.8 Å². The fourth-order valence-corrected chi connectivity index (χ4v) is 2.24. The Bertz CT molecular complexity index is 797. The van der Waals surface area contributed by atoms with Crippen molar-refractivity contribution in [3.05, 3.63) is 40.8 Å². The van der Waals surface area contributed by atoms with E-state index in [1.165, 1.54) is 0 Å². The molecule has 2 rings (SSSR count). The van der Waals surface area contributed by atoms with Crippen molar-refractivity contribution in [2.24, 2.45) is 0 Å². The number of carbonyl (C=O) groups is 2. The largest absolute Gasteiger partial charge is 0.483 e. The van der Waals surface area contributed by atoms with Crippen molar-refractivity contribution in [1.29, 1.82) is 0 Å². The number of aromatic nitrogens is 1. The number of nitrogens with one attached hydrogen (secondary N) is 1. The summed E-state index contributed by atoms with van der Waals surface area (Å²) in [6.45, 7) is 3.96. The van der Waals surface area contributed by atoms with E-state index in [1.807, 2.05) is 6.92 Å². The molecule has 0 saturated carbocycles. The van der Waals surface area contributed by atoms with Gasteiger partial charge in [-0.25, -0.2) is 0 Å². The zero-order valence-electron chi connectivity index (χ0n) is 13.7. The standard InChI is InChI=1S/C17H20N2O5/c1-3-19-9-8-12-13(17(19)22)6-5-7-14(12)24-11-15(20)18-10-16(21)23-4-2/h5-9H,3-4,10-11H2,1-2H3,(H,18,20). The molecule has 0 spiro atoms. The topological polar surface area (TPSA) is 86.6 Å². The summed E-state index contributed by atoms with van der Waals surface area (Å²) in [6, 6.07) is 6.90. The third-order valence-corrected chi connectivity index (χ3v) is 3.41. The number of hydrogen-bond acceptors (Lipinski definition) is 5. The van der Waals surface area contributed by atoms with E-state index in [4.69, 9.17) is 9.47 Å². The lowest BCUT2D eigenvalue weighted by Gasteiger charge is -2.10. The number of esters is 1. The number of hydrogen-bond donors (Lipinski definition) is 1. The van der Waals surface area contributed by atoms with E-state index >= 15 is 0 Å². The summed E-state index contributed by atoms with van der Waals surface area (Å²) in [5.41, 5.74) is -0.104. The number of nitrogens with zero attached hydrogens (tertiary/aromatic N) is 1. The average Bonchev–Trinajstić information content (AvgIpc) is 2.59. The zero-order valence-corrected chi connectivity index (χ0v) is 13.7. The first-order valence-electron chi connectivity index (χ1n) is 7.74. The summed E-state index contributed by atoms with van der Waals surface area (Å²) in [7, 11) is 0. The summed E-state index contributed by atoms with van der Waals surface area (Å²) in [5, 5.41) is 3.59. The number of aryl methyl sites for hydroxylation is 1. The highest BCUT2D eigenvalue weighted by molar-refractivity contribution is 5.88. The number of fused-ring (bicyclic) bond motifs is 1. The van der Waals surface area contributed by atoms with E-state index in [0.29, 0.717) is 23.1 Å². The van der Waals surface area contributed by atoms with Gasteiger partial charge < -0.3 is 19.4 Å². The van der Waals surface area contributed by atoms with E-state index in [0.717, 1.165) is 0 Å². The molecule has 0 aliphatic heterocycles. The molecule has 0 unspecified atom stereocenters. The van der Waals surface area contributed by atoms with Crippen molar-refractivity contribution < 1.29 is 19.1 Å². The third kappa shape index (κ3) is 4.13. The Morgan fingerprint density at radius 1 is 1.17 bits per heavy atom. The SMILES string of the molecule is CCOC(=O)CNC(=O)COc1cccc2c(=O)n(CC)ccc12. The maximum absolute atomic E-state index is 12.3. The summed E-state index contributed by atoms with van der Waals surface area (Å²) < 4.78 is 11.8. The van der Waals surface area contributed by atoms with Gasteiger partial charge in [-0.1, -0.05) is 6.07 Å². The monoisotopic (exact) mass is 332 g/mol. The quantitative estimate of drug-likeness (QED) is 0.767. The molecule has 0 saturated heterocycles. The number of amides is 1. The van der Waals surface area contributed by atoms with Crippen LogP contribution in [0.2, 0.25) is 0 Å². The number of carbonyl (C=O) groups excluding carboxylic acids is 2. The molecule has 1 amide bonds. The van der Waals surface area contributed by atoms with Crippen LogP contribution in [0, 0.1) is 0 Å². The van der Waals surface area contributed by atoms with E-state index in [-0.39, 0.29) is 25.3 Å². The Kier molecular flexibility index (Phi) is 5.95. The highest BCUT2D eigenvalue weighted by Crippen LogP contribution is 2.22. The number of ether oxygens (including phenoxy) is 2. The second kappa shape index (κ2) is 8.14. The van der Waals surface area contributed by atoms with Crippen LogP contribution in [0.5, 0.6) is 5.75 Å². The zero-order chi connectivity index (χ0) is 17.5. The van der Waals surface area contributed by atoms with Crippen molar-refractivity contribution >= 4 is 22.6 Å². The highest BCUT2D eigenvalue weighted by atomic mass is 16.5. The molecule has 1 N–H and O–H groups in total. The molecule has 0 aliphatic carbocycles. The average molecular weight is 332 g/mol. The van der Waals surface area contributed by atoms with Gasteiger partial charge in [0.15, 0.2) is 6.61 Å². The molecular formula is C17H20N2O5. The van der Waals surface area contributed by atoms with Gasteiger partial charge in [-0.2, -0.15) is 0 Å². The first-order valence-corrected chi connectivity index (χ1v) is 7.74. The number of pyridine rings is 1. The lowest BCUT2D eigenvalue weighted by atomic mass is 10.1. The van der Waals surface area contributed by atoms with Crippen LogP contribution in [0.15, 0.2) is 35.3 Å². The van der Waals surface area contributed by atoms with Gasteiger partial charge in [-0.3, -0.25) is 14.4 Å². The summed E-state index contributed by atoms with van der Waals surface area (Å²) >= 11 is 0. The smallest absolute Gasteiger partial charge is 0.325 e. The van der Waals surface area contributed by atoms with Crippen molar-refractivity contribution in [1.82, 2.24) is 9.88 Å². The molecule has 24 heavy (non-hydrogen) atoms. The molecule has 0 bridgehead atoms. The van der Waals surface area contributed by atoms with E-state index < -0.39 is 11.9 Å². The molecule has 7 heteroatoms. The first kappa shape index (κ1) is 17.5. The second-order valence-corrected chi connectivity index (χ2v) is 4.99. The minimum absolute atomic E-state index is 0.104. The fraction of sp³-hybridized carbons (Fsp3) is 0.353. The van der Waals surface area contributed by atoms with Gasteiger partial charge >= 0.3 is 5.97 Å². The molecule has 1 aromatic heterocycles. The van der Waals surface area contributed by atoms with E-state index in [2.05, 4.69) is 5.32 Å². The van der Waals surface area contributed by atoms with Crippen LogP contribution >= 0.6 is 0 Å². The molecular weight excluding hydrogens is 312 g/mol. The Morgan fingerprint density at radius 2 is 1.96 bits per heavy atom. The highest BCUT2D eigenvalue weighted by Gasteiger charge is 2.10. The van der Waals surface area contributed by atoms with Crippen molar-refractivity contribution in [2.75, 3.05) is 19.8 Å². The Balaban J connectivity index is 2.05. The molecule has 2 aromatic rings. The maximum Gasteiger partial charge on any atom is 0.325 e. The molecule has 0 radical (unpaired) electrons. The van der Waals surface area contributed by atoms with Crippen LogP contribution < -0.4 is 15.6 Å². The Hall–Kier alpha value is -2.83. The van der Waals surface area contributed by atoms with Crippen molar-refractivity contribution in [3.63, 3.8) is 0 Å². The minimum Gasteiger partial charge on any atom is -0.483 e. The summed E-state index contributed by atoms with van der Waals surface area (Å²) in [4.78, 5) is 35.2. The number of rotatable bonds is 7. The third-order valence-electron chi connectivity index (χ3n) is 3.41. The Labute approximate surface area is 139 Å². The van der Waals surface area contributed by atoms with Crippen molar-refractivity contribution in [2.45, 2.75) is 20.4 Å². The molecule has 1 aromatic carbocycles. The summed E-state index contributed by atoms with van der Waals surface area (Å²) in [6.07, 6.45) is 1.69. The normalized spacial score (nSPS) is 10.4. The predicted octanol–water partition coefficient (Wildman–Crippen LogP) is 1.08. The van der Waals surface area contributed by atoms with Gasteiger partial charge in [0.25, 0.3) is 11.5 Å². The fourth-order valence-electron chi connectivity index (χ4n) is 2.24. The lowest BCUT2D eigenvalue weighted by Crippen LogP contribution is -2.34. The van der Waals surface area contributed by atoms with Gasteiger partial charge in [0.05, 0.1) is 12.0 Å². The summed E-state index contributed by atoms with van der Waals surface area (Å²) in [5.74, 6) is -0.503. The molecule has 0 atom stereocenters. The van der Waals surface area contributed by atoms with E-state index in [1.54, 1.807) is 42.0 Å². The number of benzene rings is 1. The van der Waals surface area contributed by atoms with Gasteiger partial charge in [-0.15, -0.1) is 0 Å². The van der Waals surface area contributed by atoms with Crippen LogP contribution in [-0.4, -0.2) is 36.2 Å². The molecule has 0 fully saturated rings. The van der Waals surface area contributed by atoms with Crippen LogP contribution in [0.1, 0.15) is 13.8 Å². The predicted molar refractivity (Wildman–Crippen MR) is 89.0 cm³/mol. The van der Waals surface area contributed by atoms with Gasteiger partial charge in [0, 0.05) is 18.1 Å². The second-order valence-electron chi connectivity index (χ2n) is 4.99. The van der Waals surface area contributed by atoms with Crippen LogP contribution in [0.4, 0.5) is 0 Å². The van der Waals surface area contributed by atoms with Crippen molar-refractivity contribution in [3.8, 4) is 5.75 Å². The molecule has 1 heterocycles.